The summed E-state index contributed by atoms with van der Waals surface area (Å²) in [5, 5.41) is 2.85. The van der Waals surface area contributed by atoms with E-state index in [1.54, 1.807) is 48.8 Å². The number of halogens is 3. The van der Waals surface area contributed by atoms with Crippen LogP contribution in [0.15, 0.2) is 79.4 Å². The maximum atomic E-state index is 12.8. The van der Waals surface area contributed by atoms with Gasteiger partial charge in [-0.2, -0.15) is 13.2 Å². The van der Waals surface area contributed by atoms with Crippen molar-refractivity contribution in [1.82, 2.24) is 19.9 Å². The van der Waals surface area contributed by atoms with Crippen LogP contribution in [-0.2, 0) is 6.18 Å². The molecule has 0 saturated carbocycles. The molecule has 0 aliphatic carbocycles. The predicted octanol–water partition coefficient (Wildman–Crippen LogP) is 5.49. The number of rotatable bonds is 5. The fourth-order valence-corrected chi connectivity index (χ4v) is 2.65. The van der Waals surface area contributed by atoms with Crippen molar-refractivity contribution in [1.29, 1.82) is 0 Å². The van der Waals surface area contributed by atoms with E-state index in [4.69, 9.17) is 4.74 Å². The van der Waals surface area contributed by atoms with E-state index in [2.05, 4.69) is 25.3 Å². The van der Waals surface area contributed by atoms with Gasteiger partial charge in [0.1, 0.15) is 23.6 Å². The first-order chi connectivity index (χ1) is 14.5. The zero-order valence-corrected chi connectivity index (χ0v) is 15.3. The second kappa shape index (κ2) is 8.16. The normalized spacial score (nSPS) is 11.2. The zero-order chi connectivity index (χ0) is 21.0. The van der Waals surface area contributed by atoms with Gasteiger partial charge in [0.05, 0.1) is 11.3 Å². The van der Waals surface area contributed by atoms with Gasteiger partial charge in [-0.15, -0.1) is 0 Å². The minimum Gasteiger partial charge on any atom is -0.438 e. The van der Waals surface area contributed by atoms with E-state index in [0.717, 1.165) is 6.07 Å². The molecule has 3 aromatic heterocycles. The Labute approximate surface area is 169 Å². The molecule has 4 aromatic rings. The molecular weight excluding hydrogens is 395 g/mol. The summed E-state index contributed by atoms with van der Waals surface area (Å²) in [7, 11) is 0. The van der Waals surface area contributed by atoms with Gasteiger partial charge >= 0.3 is 6.18 Å². The topological polar surface area (TPSA) is 72.8 Å². The summed E-state index contributed by atoms with van der Waals surface area (Å²) in [6, 6.07) is 15.7. The molecular formula is C21H14F3N5O. The van der Waals surface area contributed by atoms with Crippen molar-refractivity contribution in [2.45, 2.75) is 6.18 Å². The van der Waals surface area contributed by atoms with Gasteiger partial charge in [0.15, 0.2) is 0 Å². The first kappa shape index (κ1) is 19.3. The number of aromatic nitrogens is 4. The van der Waals surface area contributed by atoms with Crippen LogP contribution < -0.4 is 10.1 Å². The van der Waals surface area contributed by atoms with Crippen LogP contribution in [0.25, 0.3) is 11.3 Å². The highest BCUT2D eigenvalue weighted by molar-refractivity contribution is 5.65. The molecule has 4 rings (SSSR count). The molecule has 0 radical (unpaired) electrons. The molecule has 0 unspecified atom stereocenters. The largest absolute Gasteiger partial charge is 0.438 e. The van der Waals surface area contributed by atoms with Crippen LogP contribution in [-0.4, -0.2) is 19.9 Å². The Hall–Kier alpha value is -4.01. The van der Waals surface area contributed by atoms with Gasteiger partial charge in [-0.1, -0.05) is 6.07 Å². The molecule has 0 fully saturated rings. The lowest BCUT2D eigenvalue weighted by atomic mass is 10.2. The third kappa shape index (κ3) is 4.52. The Morgan fingerprint density at radius 1 is 0.833 bits per heavy atom. The van der Waals surface area contributed by atoms with Gasteiger partial charge in [-0.3, -0.25) is 0 Å². The van der Waals surface area contributed by atoms with E-state index < -0.39 is 11.9 Å². The number of nitrogens with one attached hydrogen (secondary N) is 1. The minimum atomic E-state index is -4.50. The molecule has 150 valence electrons. The summed E-state index contributed by atoms with van der Waals surface area (Å²) in [4.78, 5) is 16.0. The Kier molecular flexibility index (Phi) is 5.25. The van der Waals surface area contributed by atoms with Crippen LogP contribution in [0.2, 0.25) is 0 Å². The lowest BCUT2D eigenvalue weighted by molar-refractivity contribution is -0.141. The monoisotopic (exact) mass is 409 g/mol. The summed E-state index contributed by atoms with van der Waals surface area (Å²) in [5.41, 5.74) is 0.975. The van der Waals surface area contributed by atoms with E-state index in [0.29, 0.717) is 28.6 Å². The van der Waals surface area contributed by atoms with E-state index in [9.17, 15) is 13.2 Å². The number of hydrogen-bond donors (Lipinski definition) is 1. The van der Waals surface area contributed by atoms with Gasteiger partial charge in [-0.25, -0.2) is 19.9 Å². The van der Waals surface area contributed by atoms with Crippen molar-refractivity contribution in [3.8, 4) is 22.9 Å². The number of nitrogens with zero attached hydrogens (tertiary/aromatic N) is 4. The number of hydrogen-bond acceptors (Lipinski definition) is 6. The van der Waals surface area contributed by atoms with Crippen molar-refractivity contribution in [2.24, 2.45) is 0 Å². The second-order valence-electron chi connectivity index (χ2n) is 6.11. The highest BCUT2D eigenvalue weighted by atomic mass is 19.4. The first-order valence-electron chi connectivity index (χ1n) is 8.80. The zero-order valence-electron chi connectivity index (χ0n) is 15.3. The Morgan fingerprint density at radius 2 is 1.67 bits per heavy atom. The standard InChI is InChI=1S/C21H14F3N5O/c22-21(23,24)18-4-1-5-19(29-18)28-14-6-8-15(9-7-14)30-20-16(3-2-11-26-20)17-10-12-25-13-27-17/h1-13H,(H,28,29). The average molecular weight is 409 g/mol. The molecule has 0 bridgehead atoms. The van der Waals surface area contributed by atoms with Crippen LogP contribution in [0.3, 0.4) is 0 Å². The van der Waals surface area contributed by atoms with Crippen LogP contribution >= 0.6 is 0 Å². The van der Waals surface area contributed by atoms with E-state index in [1.165, 1.54) is 18.5 Å². The molecule has 0 saturated heterocycles. The van der Waals surface area contributed by atoms with Crippen LogP contribution in [0.4, 0.5) is 24.7 Å². The summed E-state index contributed by atoms with van der Waals surface area (Å²) in [6.07, 6.45) is 0.171. The van der Waals surface area contributed by atoms with Crippen molar-refractivity contribution >= 4 is 11.5 Å². The van der Waals surface area contributed by atoms with Crippen molar-refractivity contribution in [3.05, 3.63) is 85.1 Å². The lowest BCUT2D eigenvalue weighted by Crippen LogP contribution is -2.08. The molecule has 6 nitrogen and oxygen atoms in total. The van der Waals surface area contributed by atoms with Crippen molar-refractivity contribution < 1.29 is 17.9 Å². The van der Waals surface area contributed by atoms with Gasteiger partial charge in [0.2, 0.25) is 5.88 Å². The van der Waals surface area contributed by atoms with Crippen molar-refractivity contribution in [3.63, 3.8) is 0 Å². The van der Waals surface area contributed by atoms with Crippen LogP contribution in [0.5, 0.6) is 11.6 Å². The Balaban J connectivity index is 1.51. The third-order valence-corrected chi connectivity index (χ3v) is 4.01. The first-order valence-corrected chi connectivity index (χ1v) is 8.80. The Bertz CT molecular complexity index is 1140. The van der Waals surface area contributed by atoms with E-state index in [1.807, 2.05) is 6.07 Å². The number of anilines is 2. The summed E-state index contributed by atoms with van der Waals surface area (Å²) < 4.78 is 44.3. The molecule has 9 heteroatoms. The fourth-order valence-electron chi connectivity index (χ4n) is 2.65. The maximum Gasteiger partial charge on any atom is 0.433 e. The van der Waals surface area contributed by atoms with Gasteiger partial charge in [-0.05, 0) is 54.6 Å². The van der Waals surface area contributed by atoms with Crippen LogP contribution in [0.1, 0.15) is 5.69 Å². The average Bonchev–Trinajstić information content (AvgIpc) is 2.76. The SMILES string of the molecule is FC(F)(F)c1cccc(Nc2ccc(Oc3ncccc3-c3ccncn3)cc2)n1. The van der Waals surface area contributed by atoms with Gasteiger partial charge < -0.3 is 10.1 Å². The molecule has 0 spiro atoms. The number of ether oxygens (including phenoxy) is 1. The molecule has 1 aromatic carbocycles. The summed E-state index contributed by atoms with van der Waals surface area (Å²) in [6.45, 7) is 0. The number of pyridine rings is 2. The molecule has 1 N–H and O–H groups in total. The Morgan fingerprint density at radius 3 is 2.40 bits per heavy atom. The summed E-state index contributed by atoms with van der Waals surface area (Å²) in [5.74, 6) is 0.970. The van der Waals surface area contributed by atoms with E-state index in [-0.39, 0.29) is 5.82 Å². The molecule has 0 aliphatic heterocycles. The third-order valence-electron chi connectivity index (χ3n) is 4.01. The molecule has 30 heavy (non-hydrogen) atoms. The minimum absolute atomic E-state index is 0.0919. The quantitative estimate of drug-likeness (QED) is 0.470. The maximum absolute atomic E-state index is 12.8. The number of alkyl halides is 3. The molecule has 0 aliphatic rings. The van der Waals surface area contributed by atoms with Gasteiger partial charge in [0.25, 0.3) is 0 Å². The molecule has 3 heterocycles. The fraction of sp³-hybridized carbons (Fsp3) is 0.0476. The summed E-state index contributed by atoms with van der Waals surface area (Å²) >= 11 is 0. The number of benzene rings is 1. The second-order valence-corrected chi connectivity index (χ2v) is 6.11. The van der Waals surface area contributed by atoms with Crippen molar-refractivity contribution in [2.75, 3.05) is 5.32 Å². The lowest BCUT2D eigenvalue weighted by Gasteiger charge is -2.11. The highest BCUT2D eigenvalue weighted by Gasteiger charge is 2.32. The molecule has 0 amide bonds. The highest BCUT2D eigenvalue weighted by Crippen LogP contribution is 2.31. The van der Waals surface area contributed by atoms with E-state index >= 15 is 0 Å². The molecule has 0 atom stereocenters. The predicted molar refractivity (Wildman–Crippen MR) is 104 cm³/mol. The van der Waals surface area contributed by atoms with Gasteiger partial charge in [0, 0.05) is 18.1 Å². The smallest absolute Gasteiger partial charge is 0.433 e. The van der Waals surface area contributed by atoms with Crippen LogP contribution in [0, 0.1) is 0 Å².